The van der Waals surface area contributed by atoms with Gasteiger partial charge in [0.25, 0.3) is 0 Å². The zero-order valence-corrected chi connectivity index (χ0v) is 10.6. The Labute approximate surface area is 106 Å². The van der Waals surface area contributed by atoms with E-state index in [0.29, 0.717) is 16.1 Å². The molecule has 1 nitrogen and oxygen atoms in total. The summed E-state index contributed by atoms with van der Waals surface area (Å²) in [7, 11) is 0. The maximum absolute atomic E-state index is 12.2. The summed E-state index contributed by atoms with van der Waals surface area (Å²) in [6.07, 6.45) is 0. The predicted octanol–water partition coefficient (Wildman–Crippen LogP) is 4.19. The van der Waals surface area contributed by atoms with Crippen LogP contribution in [0.5, 0.6) is 0 Å². The lowest BCUT2D eigenvalue weighted by Gasteiger charge is -2.05. The fraction of sp³-hybridized carbons (Fsp3) is 0.133. The normalized spacial score (nSPS) is 10.3. The number of halogens is 1. The molecule has 2 heteroatoms. The minimum Gasteiger partial charge on any atom is -0.289 e. The molecule has 0 amide bonds. The lowest BCUT2D eigenvalue weighted by atomic mass is 10.0. The molecule has 0 saturated carbocycles. The monoisotopic (exact) mass is 244 g/mol. The molecule has 0 heterocycles. The van der Waals surface area contributed by atoms with Gasteiger partial charge in [-0.2, -0.15) is 0 Å². The van der Waals surface area contributed by atoms with Gasteiger partial charge in [0.15, 0.2) is 5.78 Å². The molecule has 0 fully saturated rings. The van der Waals surface area contributed by atoms with Crippen molar-refractivity contribution in [1.29, 1.82) is 0 Å². The SMILES string of the molecule is Cc1ccc(C(=O)c2ccc(C)cc2Cl)cc1. The molecule has 0 aliphatic rings. The highest BCUT2D eigenvalue weighted by Crippen LogP contribution is 2.21. The first kappa shape index (κ1) is 11.9. The van der Waals surface area contributed by atoms with Crippen LogP contribution in [0.15, 0.2) is 42.5 Å². The number of aryl methyl sites for hydroxylation is 2. The van der Waals surface area contributed by atoms with Crippen LogP contribution in [0.2, 0.25) is 5.02 Å². The number of rotatable bonds is 2. The van der Waals surface area contributed by atoms with Gasteiger partial charge in [0.1, 0.15) is 0 Å². The summed E-state index contributed by atoms with van der Waals surface area (Å²) in [5.41, 5.74) is 3.41. The predicted molar refractivity (Wildman–Crippen MR) is 70.8 cm³/mol. The number of hydrogen-bond acceptors (Lipinski definition) is 1. The number of carbonyl (C=O) groups excluding carboxylic acids is 1. The van der Waals surface area contributed by atoms with E-state index in [4.69, 9.17) is 11.6 Å². The van der Waals surface area contributed by atoms with Crippen molar-refractivity contribution in [2.45, 2.75) is 13.8 Å². The fourth-order valence-electron chi connectivity index (χ4n) is 1.66. The fourth-order valence-corrected chi connectivity index (χ4v) is 1.99. The highest BCUT2D eigenvalue weighted by molar-refractivity contribution is 6.35. The van der Waals surface area contributed by atoms with Crippen molar-refractivity contribution < 1.29 is 4.79 Å². The number of hydrogen-bond donors (Lipinski definition) is 0. The van der Waals surface area contributed by atoms with E-state index >= 15 is 0 Å². The molecule has 2 rings (SSSR count). The summed E-state index contributed by atoms with van der Waals surface area (Å²) in [6, 6.07) is 13.0. The second-order valence-electron chi connectivity index (χ2n) is 4.18. The minimum absolute atomic E-state index is 0.0324. The van der Waals surface area contributed by atoms with Crippen LogP contribution < -0.4 is 0 Å². The smallest absolute Gasteiger partial charge is 0.194 e. The largest absolute Gasteiger partial charge is 0.289 e. The Kier molecular flexibility index (Phi) is 3.30. The van der Waals surface area contributed by atoms with Gasteiger partial charge < -0.3 is 0 Å². The molecule has 2 aromatic carbocycles. The van der Waals surface area contributed by atoms with Crippen LogP contribution in [-0.2, 0) is 0 Å². The zero-order chi connectivity index (χ0) is 12.4. The first-order valence-electron chi connectivity index (χ1n) is 5.45. The van der Waals surface area contributed by atoms with Gasteiger partial charge in [0.2, 0.25) is 0 Å². The summed E-state index contributed by atoms with van der Waals surface area (Å²) in [5, 5.41) is 0.510. The molecule has 17 heavy (non-hydrogen) atoms. The lowest BCUT2D eigenvalue weighted by Crippen LogP contribution is -2.02. The Morgan fingerprint density at radius 2 is 1.53 bits per heavy atom. The summed E-state index contributed by atoms with van der Waals surface area (Å²) >= 11 is 6.08. The molecular weight excluding hydrogens is 232 g/mol. The summed E-state index contributed by atoms with van der Waals surface area (Å²) in [4.78, 5) is 12.2. The van der Waals surface area contributed by atoms with Crippen molar-refractivity contribution in [2.24, 2.45) is 0 Å². The van der Waals surface area contributed by atoms with E-state index in [1.807, 2.05) is 50.2 Å². The van der Waals surface area contributed by atoms with Crippen LogP contribution >= 0.6 is 11.6 Å². The molecule has 0 spiro atoms. The lowest BCUT2D eigenvalue weighted by molar-refractivity contribution is 0.103. The Morgan fingerprint density at radius 3 is 2.12 bits per heavy atom. The quantitative estimate of drug-likeness (QED) is 0.724. The Morgan fingerprint density at radius 1 is 0.941 bits per heavy atom. The molecule has 0 aromatic heterocycles. The zero-order valence-electron chi connectivity index (χ0n) is 9.83. The molecule has 86 valence electrons. The molecule has 0 aliphatic carbocycles. The van der Waals surface area contributed by atoms with E-state index in [-0.39, 0.29) is 5.78 Å². The average Bonchev–Trinajstić information content (AvgIpc) is 2.29. The summed E-state index contributed by atoms with van der Waals surface area (Å²) in [6.45, 7) is 3.94. The van der Waals surface area contributed by atoms with Gasteiger partial charge in [-0.1, -0.05) is 47.5 Å². The Hall–Kier alpha value is -1.60. The van der Waals surface area contributed by atoms with Crippen molar-refractivity contribution >= 4 is 17.4 Å². The van der Waals surface area contributed by atoms with Crippen molar-refractivity contribution in [3.8, 4) is 0 Å². The minimum atomic E-state index is -0.0324. The number of ketones is 1. The highest BCUT2D eigenvalue weighted by atomic mass is 35.5. The molecule has 0 N–H and O–H groups in total. The van der Waals surface area contributed by atoms with E-state index in [2.05, 4.69) is 0 Å². The summed E-state index contributed by atoms with van der Waals surface area (Å²) in [5.74, 6) is -0.0324. The summed E-state index contributed by atoms with van der Waals surface area (Å²) < 4.78 is 0. The third-order valence-electron chi connectivity index (χ3n) is 2.68. The van der Waals surface area contributed by atoms with Gasteiger partial charge >= 0.3 is 0 Å². The van der Waals surface area contributed by atoms with Gasteiger partial charge in [-0.05, 0) is 31.5 Å². The van der Waals surface area contributed by atoms with Gasteiger partial charge in [-0.25, -0.2) is 0 Å². The Bertz CT molecular complexity index is 556. The molecule has 0 aliphatic heterocycles. The van der Waals surface area contributed by atoms with Gasteiger partial charge in [-0.3, -0.25) is 4.79 Å². The van der Waals surface area contributed by atoms with E-state index in [9.17, 15) is 4.79 Å². The highest BCUT2D eigenvalue weighted by Gasteiger charge is 2.12. The Balaban J connectivity index is 2.40. The molecule has 0 unspecified atom stereocenters. The van der Waals surface area contributed by atoms with Crippen LogP contribution in [0.25, 0.3) is 0 Å². The van der Waals surface area contributed by atoms with Gasteiger partial charge in [0, 0.05) is 11.1 Å². The topological polar surface area (TPSA) is 17.1 Å². The van der Waals surface area contributed by atoms with E-state index in [1.165, 1.54) is 0 Å². The van der Waals surface area contributed by atoms with E-state index in [0.717, 1.165) is 11.1 Å². The molecule has 0 atom stereocenters. The third kappa shape index (κ3) is 2.56. The second kappa shape index (κ2) is 4.72. The molecule has 0 saturated heterocycles. The van der Waals surface area contributed by atoms with Crippen molar-refractivity contribution in [2.75, 3.05) is 0 Å². The number of benzene rings is 2. The van der Waals surface area contributed by atoms with Crippen LogP contribution in [0.4, 0.5) is 0 Å². The maximum atomic E-state index is 12.2. The third-order valence-corrected chi connectivity index (χ3v) is 3.00. The van der Waals surface area contributed by atoms with Crippen LogP contribution in [-0.4, -0.2) is 5.78 Å². The van der Waals surface area contributed by atoms with E-state index < -0.39 is 0 Å². The van der Waals surface area contributed by atoms with E-state index in [1.54, 1.807) is 6.07 Å². The molecule has 0 radical (unpaired) electrons. The van der Waals surface area contributed by atoms with Crippen molar-refractivity contribution in [3.05, 3.63) is 69.7 Å². The van der Waals surface area contributed by atoms with Gasteiger partial charge in [-0.15, -0.1) is 0 Å². The maximum Gasteiger partial charge on any atom is 0.194 e. The van der Waals surface area contributed by atoms with Crippen LogP contribution in [0.3, 0.4) is 0 Å². The average molecular weight is 245 g/mol. The molecular formula is C15H13ClO. The molecule has 0 bridgehead atoms. The molecule has 2 aromatic rings. The van der Waals surface area contributed by atoms with Gasteiger partial charge in [0.05, 0.1) is 5.02 Å². The first-order chi connectivity index (χ1) is 8.08. The van der Waals surface area contributed by atoms with Crippen molar-refractivity contribution in [3.63, 3.8) is 0 Å². The van der Waals surface area contributed by atoms with Crippen LogP contribution in [0.1, 0.15) is 27.0 Å². The standard InChI is InChI=1S/C15H13ClO/c1-10-3-6-12(7-4-10)15(17)13-8-5-11(2)9-14(13)16/h3-9H,1-2H3. The van der Waals surface area contributed by atoms with Crippen LogP contribution in [0, 0.1) is 13.8 Å². The number of carbonyl (C=O) groups is 1. The first-order valence-corrected chi connectivity index (χ1v) is 5.83. The van der Waals surface area contributed by atoms with Crippen molar-refractivity contribution in [1.82, 2.24) is 0 Å². The second-order valence-corrected chi connectivity index (χ2v) is 4.59.